The maximum Gasteiger partial charge on any atom is 0.412 e. The summed E-state index contributed by atoms with van der Waals surface area (Å²) in [4.78, 5) is 14.7. The number of rotatable bonds is 14. The van der Waals surface area contributed by atoms with E-state index >= 15 is 0 Å². The highest BCUT2D eigenvalue weighted by atomic mass is 16.6. The number of nitrogens with one attached hydrogen (secondary N) is 1. The maximum absolute atomic E-state index is 12.3. The van der Waals surface area contributed by atoms with Crippen LogP contribution in [0, 0.1) is 0 Å². The van der Waals surface area contributed by atoms with E-state index in [9.17, 15) is 4.79 Å². The number of ether oxygens (including phenoxy) is 2. The Morgan fingerprint density at radius 1 is 1.00 bits per heavy atom. The van der Waals surface area contributed by atoms with E-state index in [1.807, 2.05) is 31.2 Å². The normalized spacial score (nSPS) is 15.5. The van der Waals surface area contributed by atoms with Crippen LogP contribution in [0.5, 0.6) is 5.75 Å². The van der Waals surface area contributed by atoms with Crippen LogP contribution in [0.15, 0.2) is 24.3 Å². The number of hydrogen-bond acceptors (Lipinski definition) is 4. The Morgan fingerprint density at radius 3 is 2.40 bits per heavy atom. The molecule has 0 aliphatic carbocycles. The van der Waals surface area contributed by atoms with E-state index in [0.29, 0.717) is 18.0 Å². The summed E-state index contributed by atoms with van der Waals surface area (Å²) in [6.07, 6.45) is 13.4. The molecular formula is C25H42N2O3. The van der Waals surface area contributed by atoms with Gasteiger partial charge >= 0.3 is 6.09 Å². The van der Waals surface area contributed by atoms with Crippen molar-refractivity contribution >= 4 is 11.8 Å². The number of anilines is 1. The first-order valence-electron chi connectivity index (χ1n) is 12.1. The SMILES string of the molecule is CCCCCCCCCCOc1ccccc1NC(=O)O[C@H](C)CN1CCCCC1. The lowest BCUT2D eigenvalue weighted by Crippen LogP contribution is -2.37. The van der Waals surface area contributed by atoms with E-state index in [2.05, 4.69) is 17.1 Å². The molecule has 1 amide bonds. The van der Waals surface area contributed by atoms with Gasteiger partial charge in [-0.1, -0.05) is 70.4 Å². The van der Waals surface area contributed by atoms with E-state index in [1.165, 1.54) is 64.2 Å². The zero-order chi connectivity index (χ0) is 21.4. The highest BCUT2D eigenvalue weighted by molar-refractivity contribution is 5.86. The molecule has 30 heavy (non-hydrogen) atoms. The minimum Gasteiger partial charge on any atom is -0.491 e. The van der Waals surface area contributed by atoms with Gasteiger partial charge in [0.25, 0.3) is 0 Å². The van der Waals surface area contributed by atoms with Gasteiger partial charge in [-0.3, -0.25) is 10.2 Å². The quantitative estimate of drug-likeness (QED) is 0.345. The van der Waals surface area contributed by atoms with Gasteiger partial charge in [0.1, 0.15) is 11.9 Å². The lowest BCUT2D eigenvalue weighted by Gasteiger charge is -2.28. The van der Waals surface area contributed by atoms with Crippen LogP contribution in [-0.4, -0.2) is 43.3 Å². The molecule has 1 aromatic carbocycles. The first-order valence-corrected chi connectivity index (χ1v) is 12.1. The average molecular weight is 419 g/mol. The van der Waals surface area contributed by atoms with Gasteiger partial charge in [-0.2, -0.15) is 0 Å². The molecular weight excluding hydrogens is 376 g/mol. The predicted octanol–water partition coefficient (Wildman–Crippen LogP) is 6.63. The second-order valence-corrected chi connectivity index (χ2v) is 8.52. The molecule has 2 rings (SSSR count). The molecule has 5 nitrogen and oxygen atoms in total. The Hall–Kier alpha value is -1.75. The second-order valence-electron chi connectivity index (χ2n) is 8.52. The van der Waals surface area contributed by atoms with Crippen LogP contribution in [0.25, 0.3) is 0 Å². The first kappa shape index (κ1) is 24.5. The van der Waals surface area contributed by atoms with E-state index in [0.717, 1.165) is 26.1 Å². The Labute approximate surface area is 183 Å². The van der Waals surface area contributed by atoms with Crippen LogP contribution in [-0.2, 0) is 4.74 Å². The number of nitrogens with zero attached hydrogens (tertiary/aromatic N) is 1. The highest BCUT2D eigenvalue weighted by Gasteiger charge is 2.17. The molecule has 1 aliphatic heterocycles. The van der Waals surface area contributed by atoms with Gasteiger partial charge in [-0.25, -0.2) is 4.79 Å². The fourth-order valence-corrected chi connectivity index (χ4v) is 3.98. The van der Waals surface area contributed by atoms with Crippen LogP contribution in [0.2, 0.25) is 0 Å². The van der Waals surface area contributed by atoms with Crippen molar-refractivity contribution in [1.29, 1.82) is 0 Å². The number of amides is 1. The fourth-order valence-electron chi connectivity index (χ4n) is 3.98. The molecule has 1 saturated heterocycles. The molecule has 0 spiro atoms. The third kappa shape index (κ3) is 10.3. The summed E-state index contributed by atoms with van der Waals surface area (Å²) in [7, 11) is 0. The minimum atomic E-state index is -0.414. The third-order valence-electron chi connectivity index (χ3n) is 5.65. The first-order chi connectivity index (χ1) is 14.7. The number of unbranched alkanes of at least 4 members (excludes halogenated alkanes) is 7. The Morgan fingerprint density at radius 2 is 1.67 bits per heavy atom. The van der Waals surface area contributed by atoms with E-state index < -0.39 is 6.09 Å². The molecule has 0 bridgehead atoms. The zero-order valence-electron chi connectivity index (χ0n) is 19.2. The van der Waals surface area contributed by atoms with Crippen molar-refractivity contribution in [1.82, 2.24) is 4.90 Å². The molecule has 5 heteroatoms. The van der Waals surface area contributed by atoms with E-state index in [1.54, 1.807) is 0 Å². The molecule has 0 unspecified atom stereocenters. The second kappa shape index (κ2) is 15.1. The van der Waals surface area contributed by atoms with Gasteiger partial charge in [-0.05, 0) is 51.4 Å². The van der Waals surface area contributed by atoms with Crippen LogP contribution >= 0.6 is 0 Å². The van der Waals surface area contributed by atoms with E-state index in [4.69, 9.17) is 9.47 Å². The number of likely N-dealkylation sites (tertiary alicyclic amines) is 1. The summed E-state index contributed by atoms with van der Waals surface area (Å²) in [5.74, 6) is 0.709. The molecule has 1 aliphatic rings. The summed E-state index contributed by atoms with van der Waals surface area (Å²) in [6.45, 7) is 7.88. The Kier molecular flexibility index (Phi) is 12.4. The van der Waals surface area contributed by atoms with Crippen molar-refractivity contribution in [3.63, 3.8) is 0 Å². The Bertz CT molecular complexity index is 588. The number of carbonyl (C=O) groups is 1. The van der Waals surface area contributed by atoms with Crippen molar-refractivity contribution in [3.05, 3.63) is 24.3 Å². The minimum absolute atomic E-state index is 0.131. The molecule has 0 radical (unpaired) electrons. The van der Waals surface area contributed by atoms with Crippen molar-refractivity contribution < 1.29 is 14.3 Å². The maximum atomic E-state index is 12.3. The summed E-state index contributed by atoms with van der Waals surface area (Å²) >= 11 is 0. The largest absolute Gasteiger partial charge is 0.491 e. The smallest absolute Gasteiger partial charge is 0.412 e. The Balaban J connectivity index is 1.65. The average Bonchev–Trinajstić information content (AvgIpc) is 2.74. The molecule has 1 heterocycles. The molecule has 1 aromatic rings. The van der Waals surface area contributed by atoms with Crippen molar-refractivity contribution in [2.24, 2.45) is 0 Å². The predicted molar refractivity (Wildman–Crippen MR) is 124 cm³/mol. The number of benzene rings is 1. The molecule has 0 aromatic heterocycles. The van der Waals surface area contributed by atoms with Crippen LogP contribution < -0.4 is 10.1 Å². The lowest BCUT2D eigenvalue weighted by atomic mass is 10.1. The van der Waals surface area contributed by atoms with Gasteiger partial charge in [0.2, 0.25) is 0 Å². The lowest BCUT2D eigenvalue weighted by molar-refractivity contribution is 0.0832. The standard InChI is InChI=1S/C25H42N2O3/c1-3-4-5-6-7-8-9-15-20-29-24-17-12-11-16-23(24)26-25(28)30-22(2)21-27-18-13-10-14-19-27/h11-12,16-17,22H,3-10,13-15,18-21H2,1-2H3,(H,26,28)/t22-/m1/s1. The van der Waals surface area contributed by atoms with Crippen molar-refractivity contribution in [2.45, 2.75) is 90.6 Å². The molecule has 170 valence electrons. The van der Waals surface area contributed by atoms with Gasteiger partial charge in [0.15, 0.2) is 0 Å². The van der Waals surface area contributed by atoms with Gasteiger partial charge in [0, 0.05) is 6.54 Å². The number of carbonyl (C=O) groups excluding carboxylic acids is 1. The van der Waals surface area contributed by atoms with Crippen molar-refractivity contribution in [2.75, 3.05) is 31.6 Å². The summed E-state index contributed by atoms with van der Waals surface area (Å²) in [6, 6.07) is 7.59. The van der Waals surface area contributed by atoms with Crippen LogP contribution in [0.4, 0.5) is 10.5 Å². The van der Waals surface area contributed by atoms with Crippen LogP contribution in [0.3, 0.4) is 0 Å². The summed E-state index contributed by atoms with van der Waals surface area (Å²) in [5.41, 5.74) is 0.673. The van der Waals surface area contributed by atoms with Crippen LogP contribution in [0.1, 0.15) is 84.5 Å². The van der Waals surface area contributed by atoms with Gasteiger partial charge < -0.3 is 9.47 Å². The van der Waals surface area contributed by atoms with Crippen molar-refractivity contribution in [3.8, 4) is 5.75 Å². The highest BCUT2D eigenvalue weighted by Crippen LogP contribution is 2.24. The third-order valence-corrected chi connectivity index (χ3v) is 5.65. The zero-order valence-corrected chi connectivity index (χ0v) is 19.2. The number of piperidine rings is 1. The van der Waals surface area contributed by atoms with E-state index in [-0.39, 0.29) is 6.10 Å². The molecule has 1 fully saturated rings. The topological polar surface area (TPSA) is 50.8 Å². The summed E-state index contributed by atoms with van der Waals surface area (Å²) < 4.78 is 11.5. The summed E-state index contributed by atoms with van der Waals surface area (Å²) in [5, 5.41) is 2.85. The number of para-hydroxylation sites is 2. The molecule has 1 atom stereocenters. The number of hydrogen-bond donors (Lipinski definition) is 1. The molecule has 1 N–H and O–H groups in total. The monoisotopic (exact) mass is 418 g/mol. The molecule has 0 saturated carbocycles. The van der Waals surface area contributed by atoms with Gasteiger partial charge in [0.05, 0.1) is 12.3 Å². The fraction of sp³-hybridized carbons (Fsp3) is 0.720. The van der Waals surface area contributed by atoms with Gasteiger partial charge in [-0.15, -0.1) is 0 Å².